The number of hydrogen-bond donors (Lipinski definition) is 2. The summed E-state index contributed by atoms with van der Waals surface area (Å²) >= 11 is 0. The van der Waals surface area contributed by atoms with E-state index in [9.17, 15) is 9.90 Å². The van der Waals surface area contributed by atoms with Crippen molar-refractivity contribution in [3.63, 3.8) is 0 Å². The monoisotopic (exact) mass is 424 g/mol. The van der Waals surface area contributed by atoms with E-state index in [4.69, 9.17) is 14.4 Å². The van der Waals surface area contributed by atoms with Crippen molar-refractivity contribution in [1.29, 1.82) is 0 Å². The van der Waals surface area contributed by atoms with Gasteiger partial charge in [-0.05, 0) is 23.6 Å². The number of hydrogen-bond acceptors (Lipinski definition) is 9. The van der Waals surface area contributed by atoms with E-state index < -0.39 is 5.97 Å². The molecule has 4 aromatic heterocycles. The van der Waals surface area contributed by atoms with Crippen LogP contribution in [0.25, 0.3) is 17.2 Å². The number of aromatic carboxylic acids is 1. The Morgan fingerprint density at radius 1 is 1.23 bits per heavy atom. The van der Waals surface area contributed by atoms with Crippen molar-refractivity contribution in [2.24, 2.45) is 0 Å². The van der Waals surface area contributed by atoms with Gasteiger partial charge in [-0.1, -0.05) is 25.9 Å². The molecule has 0 amide bonds. The lowest BCUT2D eigenvalue weighted by molar-refractivity contribution is 0.0696. The lowest BCUT2D eigenvalue weighted by Crippen LogP contribution is -2.16. The summed E-state index contributed by atoms with van der Waals surface area (Å²) in [6, 6.07) is 6.46. The van der Waals surface area contributed by atoms with Gasteiger partial charge < -0.3 is 19.5 Å². The molecule has 4 rings (SSSR count). The van der Waals surface area contributed by atoms with Crippen LogP contribution in [0.15, 0.2) is 35.0 Å². The van der Waals surface area contributed by atoms with E-state index in [0.717, 1.165) is 5.56 Å². The van der Waals surface area contributed by atoms with Crippen LogP contribution in [0.4, 0.5) is 0 Å². The molecular weight excluding hydrogens is 404 g/mol. The highest BCUT2D eigenvalue weighted by molar-refractivity contribution is 5.87. The van der Waals surface area contributed by atoms with E-state index in [-0.39, 0.29) is 24.2 Å². The molecule has 11 heteroatoms. The molecule has 0 aliphatic rings. The standard InChI is InChI=1S/C20H20N6O5/c1-20(2,3)14-7-16-22-23-17(15-6-13(9-27)31-25-15)26(16)24-18(14)30-10-12-5-4-11(8-21-12)19(28)29/h4-8,27H,9-10H2,1-3H3,(H,28,29). The predicted molar refractivity (Wildman–Crippen MR) is 106 cm³/mol. The molecule has 0 spiro atoms. The maximum absolute atomic E-state index is 11.0. The Labute approximate surface area is 176 Å². The molecule has 0 saturated heterocycles. The second kappa shape index (κ2) is 7.76. The molecular formula is C20H20N6O5. The van der Waals surface area contributed by atoms with Crippen molar-refractivity contribution in [3.8, 4) is 17.4 Å². The summed E-state index contributed by atoms with van der Waals surface area (Å²) in [5.41, 5.74) is 2.06. The quantitative estimate of drug-likeness (QED) is 0.472. The molecule has 0 aromatic carbocycles. The molecule has 0 fully saturated rings. The molecule has 4 aromatic rings. The van der Waals surface area contributed by atoms with Crippen molar-refractivity contribution in [3.05, 3.63) is 53.0 Å². The van der Waals surface area contributed by atoms with Gasteiger partial charge in [0.25, 0.3) is 0 Å². The fraction of sp³-hybridized carbons (Fsp3) is 0.300. The Kier molecular flexibility index (Phi) is 5.11. The van der Waals surface area contributed by atoms with Crippen LogP contribution < -0.4 is 4.74 Å². The molecule has 0 atom stereocenters. The Morgan fingerprint density at radius 3 is 2.65 bits per heavy atom. The van der Waals surface area contributed by atoms with Gasteiger partial charge in [0.05, 0.1) is 11.3 Å². The van der Waals surface area contributed by atoms with Gasteiger partial charge >= 0.3 is 5.97 Å². The fourth-order valence-electron chi connectivity index (χ4n) is 2.89. The molecule has 160 valence electrons. The highest BCUT2D eigenvalue weighted by atomic mass is 16.5. The summed E-state index contributed by atoms with van der Waals surface area (Å²) in [7, 11) is 0. The number of pyridine rings is 1. The molecule has 31 heavy (non-hydrogen) atoms. The summed E-state index contributed by atoms with van der Waals surface area (Å²) in [6.45, 7) is 5.88. The van der Waals surface area contributed by atoms with Gasteiger partial charge in [0, 0.05) is 17.8 Å². The van der Waals surface area contributed by atoms with Crippen LogP contribution >= 0.6 is 0 Å². The highest BCUT2D eigenvalue weighted by Crippen LogP contribution is 2.32. The first-order chi connectivity index (χ1) is 14.8. The summed E-state index contributed by atoms with van der Waals surface area (Å²) in [5, 5.41) is 35.0. The average Bonchev–Trinajstić information content (AvgIpc) is 3.37. The third-order valence-electron chi connectivity index (χ3n) is 4.54. The lowest BCUT2D eigenvalue weighted by Gasteiger charge is -2.21. The third-order valence-corrected chi connectivity index (χ3v) is 4.54. The largest absolute Gasteiger partial charge is 0.478 e. The summed E-state index contributed by atoms with van der Waals surface area (Å²) in [4.78, 5) is 15.1. The van der Waals surface area contributed by atoms with Gasteiger partial charge in [0.1, 0.15) is 13.2 Å². The van der Waals surface area contributed by atoms with Gasteiger partial charge in [-0.2, -0.15) is 4.52 Å². The van der Waals surface area contributed by atoms with Crippen LogP contribution in [0, 0.1) is 0 Å². The second-order valence-corrected chi connectivity index (χ2v) is 7.88. The number of carboxylic acid groups (broad SMARTS) is 1. The van der Waals surface area contributed by atoms with Gasteiger partial charge in [-0.15, -0.1) is 15.3 Å². The molecule has 0 saturated carbocycles. The van der Waals surface area contributed by atoms with Gasteiger partial charge in [0.15, 0.2) is 17.1 Å². The lowest BCUT2D eigenvalue weighted by atomic mass is 9.88. The second-order valence-electron chi connectivity index (χ2n) is 7.88. The Bertz CT molecular complexity index is 1240. The highest BCUT2D eigenvalue weighted by Gasteiger charge is 2.24. The van der Waals surface area contributed by atoms with Crippen LogP contribution in [0.2, 0.25) is 0 Å². The number of carboxylic acids is 1. The van der Waals surface area contributed by atoms with E-state index in [2.05, 4.69) is 25.4 Å². The average molecular weight is 424 g/mol. The van der Waals surface area contributed by atoms with Gasteiger partial charge in [-0.3, -0.25) is 4.98 Å². The topological polar surface area (TPSA) is 149 Å². The number of aliphatic hydroxyl groups excluding tert-OH is 1. The number of nitrogens with zero attached hydrogens (tertiary/aromatic N) is 6. The number of ether oxygens (including phenoxy) is 1. The molecule has 0 unspecified atom stereocenters. The summed E-state index contributed by atoms with van der Waals surface area (Å²) in [5.74, 6) is -0.0476. The normalized spacial score (nSPS) is 11.7. The molecule has 0 bridgehead atoms. The van der Waals surface area contributed by atoms with E-state index >= 15 is 0 Å². The summed E-state index contributed by atoms with van der Waals surface area (Å²) < 4.78 is 12.5. The first-order valence-corrected chi connectivity index (χ1v) is 9.41. The number of carbonyl (C=O) groups is 1. The zero-order chi connectivity index (χ0) is 22.2. The third kappa shape index (κ3) is 4.08. The van der Waals surface area contributed by atoms with Crippen LogP contribution in [0.3, 0.4) is 0 Å². The Morgan fingerprint density at radius 2 is 2.03 bits per heavy atom. The zero-order valence-corrected chi connectivity index (χ0v) is 17.1. The maximum Gasteiger partial charge on any atom is 0.337 e. The van der Waals surface area contributed by atoms with E-state index in [1.807, 2.05) is 26.8 Å². The number of aliphatic hydroxyl groups is 1. The first-order valence-electron chi connectivity index (χ1n) is 9.41. The van der Waals surface area contributed by atoms with Crippen molar-refractivity contribution in [1.82, 2.24) is 30.0 Å². The summed E-state index contributed by atoms with van der Waals surface area (Å²) in [6.07, 6.45) is 1.28. The van der Waals surface area contributed by atoms with Crippen LogP contribution in [0.1, 0.15) is 48.1 Å². The Balaban J connectivity index is 1.71. The molecule has 0 radical (unpaired) electrons. The van der Waals surface area contributed by atoms with Crippen LogP contribution in [0.5, 0.6) is 5.88 Å². The maximum atomic E-state index is 11.0. The van der Waals surface area contributed by atoms with Crippen molar-refractivity contribution < 1.29 is 24.3 Å². The minimum atomic E-state index is -1.04. The van der Waals surface area contributed by atoms with Crippen molar-refractivity contribution >= 4 is 11.6 Å². The minimum absolute atomic E-state index is 0.0948. The first kappa shape index (κ1) is 20.4. The molecule has 2 N–H and O–H groups in total. The van der Waals surface area contributed by atoms with Crippen LogP contribution in [-0.4, -0.2) is 46.1 Å². The smallest absolute Gasteiger partial charge is 0.337 e. The van der Waals surface area contributed by atoms with Gasteiger partial charge in [-0.25, -0.2) is 4.79 Å². The molecule has 4 heterocycles. The number of aromatic nitrogens is 6. The van der Waals surface area contributed by atoms with Crippen molar-refractivity contribution in [2.45, 2.75) is 39.4 Å². The zero-order valence-electron chi connectivity index (χ0n) is 17.1. The predicted octanol–water partition coefficient (Wildman–Crippen LogP) is 2.24. The van der Waals surface area contributed by atoms with E-state index in [0.29, 0.717) is 34.5 Å². The molecule has 0 aliphatic heterocycles. The fourth-order valence-corrected chi connectivity index (χ4v) is 2.89. The minimum Gasteiger partial charge on any atom is -0.478 e. The molecule has 0 aliphatic carbocycles. The number of rotatable bonds is 6. The van der Waals surface area contributed by atoms with Crippen molar-refractivity contribution in [2.75, 3.05) is 0 Å². The van der Waals surface area contributed by atoms with E-state index in [1.54, 1.807) is 12.1 Å². The molecule has 11 nitrogen and oxygen atoms in total. The Hall–Kier alpha value is -3.86. The van der Waals surface area contributed by atoms with E-state index in [1.165, 1.54) is 16.8 Å². The van der Waals surface area contributed by atoms with Gasteiger partial charge in [0.2, 0.25) is 11.7 Å². The number of fused-ring (bicyclic) bond motifs is 1. The SMILES string of the molecule is CC(C)(C)c1cc2nnc(-c3cc(CO)on3)n2nc1OCc1ccc(C(=O)O)cn1. The van der Waals surface area contributed by atoms with Crippen LogP contribution in [-0.2, 0) is 18.6 Å².